The zero-order valence-electron chi connectivity index (χ0n) is 11.3. The number of fused-ring (bicyclic) bond motifs is 1. The molecule has 0 spiro atoms. The Bertz CT molecular complexity index is 900. The number of nitrogens with zero attached hydrogens (tertiary/aromatic N) is 2. The van der Waals surface area contributed by atoms with Crippen LogP contribution in [-0.4, -0.2) is 26.4 Å². The van der Waals surface area contributed by atoms with E-state index in [0.29, 0.717) is 11.3 Å². The summed E-state index contributed by atoms with van der Waals surface area (Å²) in [4.78, 5) is 27.2. The largest absolute Gasteiger partial charge is 0.478 e. The van der Waals surface area contributed by atoms with E-state index in [4.69, 9.17) is 5.11 Å². The van der Waals surface area contributed by atoms with E-state index in [0.717, 1.165) is 11.3 Å². The minimum atomic E-state index is -1.16. The highest BCUT2D eigenvalue weighted by molar-refractivity contribution is 7.14. The number of anilines is 1. The molecule has 22 heavy (non-hydrogen) atoms. The van der Waals surface area contributed by atoms with Crippen molar-refractivity contribution in [3.63, 3.8) is 0 Å². The Hall–Kier alpha value is -2.74. The molecule has 3 aromatic rings. The molecule has 0 aliphatic carbocycles. The van der Waals surface area contributed by atoms with Gasteiger partial charge in [-0.15, -0.1) is 11.3 Å². The number of hydrogen-bond donors (Lipinski definition) is 2. The first-order valence-electron chi connectivity index (χ1n) is 6.24. The smallest absolute Gasteiger partial charge is 0.338 e. The molecule has 0 fully saturated rings. The highest BCUT2D eigenvalue weighted by Crippen LogP contribution is 2.24. The summed E-state index contributed by atoms with van der Waals surface area (Å²) in [5.41, 5.74) is 0.494. The molecule has 3 aromatic heterocycles. The van der Waals surface area contributed by atoms with Crippen molar-refractivity contribution in [2.24, 2.45) is 0 Å². The van der Waals surface area contributed by atoms with E-state index in [-0.39, 0.29) is 16.3 Å². The summed E-state index contributed by atoms with van der Waals surface area (Å²) >= 11 is 1.05. The molecule has 0 aromatic carbocycles. The standard InChI is InChI=1S/C14H10FN3O3S/c1-7-3-2-4-9-16-10(11(15)18(7)9)12(19)17-13-8(14(20)21)5-6-22-13/h2-6H,1H3,(H,17,19)(H,20,21). The van der Waals surface area contributed by atoms with Gasteiger partial charge in [-0.2, -0.15) is 4.39 Å². The van der Waals surface area contributed by atoms with Crippen LogP contribution < -0.4 is 5.32 Å². The van der Waals surface area contributed by atoms with Gasteiger partial charge in [0.15, 0.2) is 5.69 Å². The van der Waals surface area contributed by atoms with Gasteiger partial charge in [-0.3, -0.25) is 9.20 Å². The molecule has 1 amide bonds. The second-order valence-electron chi connectivity index (χ2n) is 4.53. The lowest BCUT2D eigenvalue weighted by Crippen LogP contribution is -2.15. The molecule has 0 saturated heterocycles. The number of carboxylic acid groups (broad SMARTS) is 1. The van der Waals surface area contributed by atoms with Gasteiger partial charge < -0.3 is 10.4 Å². The van der Waals surface area contributed by atoms with Crippen LogP contribution in [0.15, 0.2) is 29.6 Å². The Morgan fingerprint density at radius 2 is 2.14 bits per heavy atom. The van der Waals surface area contributed by atoms with Crippen molar-refractivity contribution >= 4 is 33.9 Å². The number of pyridine rings is 1. The number of amides is 1. The fourth-order valence-corrected chi connectivity index (χ4v) is 2.87. The molecular weight excluding hydrogens is 309 g/mol. The zero-order chi connectivity index (χ0) is 15.9. The maximum absolute atomic E-state index is 14.4. The van der Waals surface area contributed by atoms with Gasteiger partial charge in [0.1, 0.15) is 10.6 Å². The maximum atomic E-state index is 14.4. The van der Waals surface area contributed by atoms with Crippen molar-refractivity contribution in [2.45, 2.75) is 6.92 Å². The van der Waals surface area contributed by atoms with E-state index in [1.165, 1.54) is 15.8 Å². The fourth-order valence-electron chi connectivity index (χ4n) is 2.09. The summed E-state index contributed by atoms with van der Waals surface area (Å²) < 4.78 is 15.6. The molecule has 3 heterocycles. The quantitative estimate of drug-likeness (QED) is 0.777. The van der Waals surface area contributed by atoms with Crippen molar-refractivity contribution in [1.82, 2.24) is 9.38 Å². The van der Waals surface area contributed by atoms with Crippen molar-refractivity contribution in [3.05, 3.63) is 52.5 Å². The molecule has 0 aliphatic rings. The van der Waals surface area contributed by atoms with Gasteiger partial charge in [0, 0.05) is 5.69 Å². The van der Waals surface area contributed by atoms with Gasteiger partial charge in [0.2, 0.25) is 5.95 Å². The summed E-state index contributed by atoms with van der Waals surface area (Å²) in [6.45, 7) is 1.70. The van der Waals surface area contributed by atoms with E-state index < -0.39 is 17.8 Å². The minimum absolute atomic E-state index is 0.0429. The SMILES string of the molecule is Cc1cccc2nc(C(=O)Nc3sccc3C(=O)O)c(F)n12. The van der Waals surface area contributed by atoms with Crippen LogP contribution in [0, 0.1) is 12.9 Å². The molecular formula is C14H10FN3O3S. The van der Waals surface area contributed by atoms with Crippen molar-refractivity contribution in [1.29, 1.82) is 0 Å². The molecule has 0 unspecified atom stereocenters. The number of halogens is 1. The van der Waals surface area contributed by atoms with Crippen molar-refractivity contribution in [3.8, 4) is 0 Å². The van der Waals surface area contributed by atoms with Crippen LogP contribution in [0.5, 0.6) is 0 Å². The number of carbonyl (C=O) groups is 2. The third kappa shape index (κ3) is 2.23. The number of imidazole rings is 1. The number of carbonyl (C=O) groups excluding carboxylic acids is 1. The zero-order valence-corrected chi connectivity index (χ0v) is 12.1. The van der Waals surface area contributed by atoms with Gasteiger partial charge >= 0.3 is 5.97 Å². The van der Waals surface area contributed by atoms with E-state index in [2.05, 4.69) is 10.3 Å². The summed E-state index contributed by atoms with van der Waals surface area (Å²) in [7, 11) is 0. The van der Waals surface area contributed by atoms with E-state index in [1.807, 2.05) is 0 Å². The van der Waals surface area contributed by atoms with Crippen LogP contribution in [0.3, 0.4) is 0 Å². The highest BCUT2D eigenvalue weighted by Gasteiger charge is 2.22. The number of carboxylic acids is 1. The molecule has 0 atom stereocenters. The van der Waals surface area contributed by atoms with Crippen LogP contribution in [0.1, 0.15) is 26.5 Å². The third-order valence-corrected chi connectivity index (χ3v) is 3.95. The van der Waals surface area contributed by atoms with Crippen LogP contribution in [0.2, 0.25) is 0 Å². The van der Waals surface area contributed by atoms with Crippen LogP contribution in [0.25, 0.3) is 5.65 Å². The molecule has 3 rings (SSSR count). The number of thiophene rings is 1. The molecule has 0 aliphatic heterocycles. The van der Waals surface area contributed by atoms with Gasteiger partial charge in [-0.05, 0) is 30.5 Å². The van der Waals surface area contributed by atoms with E-state index in [9.17, 15) is 14.0 Å². The molecule has 6 nitrogen and oxygen atoms in total. The summed E-state index contributed by atoms with van der Waals surface area (Å²) in [5, 5.41) is 13.1. The molecule has 0 saturated carbocycles. The Labute approximate surface area is 127 Å². The maximum Gasteiger partial charge on any atom is 0.338 e. The fraction of sp³-hybridized carbons (Fsp3) is 0.0714. The second kappa shape index (κ2) is 5.23. The lowest BCUT2D eigenvalue weighted by atomic mass is 10.3. The second-order valence-corrected chi connectivity index (χ2v) is 5.45. The molecule has 0 radical (unpaired) electrons. The Balaban J connectivity index is 1.99. The minimum Gasteiger partial charge on any atom is -0.478 e. The Morgan fingerprint density at radius 3 is 2.82 bits per heavy atom. The topological polar surface area (TPSA) is 83.7 Å². The van der Waals surface area contributed by atoms with Gasteiger partial charge in [-0.1, -0.05) is 6.07 Å². The first kappa shape index (κ1) is 14.2. The Morgan fingerprint density at radius 1 is 1.36 bits per heavy atom. The number of rotatable bonds is 3. The van der Waals surface area contributed by atoms with Crippen molar-refractivity contribution in [2.75, 3.05) is 5.32 Å². The highest BCUT2D eigenvalue weighted by atomic mass is 32.1. The number of aromatic carboxylic acids is 1. The molecule has 8 heteroatoms. The van der Waals surface area contributed by atoms with E-state index >= 15 is 0 Å². The normalized spacial score (nSPS) is 10.8. The van der Waals surface area contributed by atoms with Crippen LogP contribution >= 0.6 is 11.3 Å². The predicted octanol–water partition coefficient (Wildman–Crippen LogP) is 2.79. The number of hydrogen-bond acceptors (Lipinski definition) is 4. The number of aromatic nitrogens is 2. The molecule has 2 N–H and O–H groups in total. The summed E-state index contributed by atoms with van der Waals surface area (Å²) in [6, 6.07) is 6.36. The third-order valence-electron chi connectivity index (χ3n) is 3.12. The lowest BCUT2D eigenvalue weighted by molar-refractivity contribution is 0.0698. The van der Waals surface area contributed by atoms with Gasteiger partial charge in [0.05, 0.1) is 5.56 Å². The van der Waals surface area contributed by atoms with Crippen LogP contribution in [-0.2, 0) is 0 Å². The monoisotopic (exact) mass is 319 g/mol. The molecule has 0 bridgehead atoms. The number of nitrogens with one attached hydrogen (secondary N) is 1. The summed E-state index contributed by atoms with van der Waals surface area (Å²) in [5.74, 6) is -2.73. The van der Waals surface area contributed by atoms with Crippen molar-refractivity contribution < 1.29 is 19.1 Å². The Kier molecular flexibility index (Phi) is 3.38. The predicted molar refractivity (Wildman–Crippen MR) is 79.1 cm³/mol. The van der Waals surface area contributed by atoms with E-state index in [1.54, 1.807) is 25.1 Å². The van der Waals surface area contributed by atoms with Gasteiger partial charge in [-0.25, -0.2) is 9.78 Å². The van der Waals surface area contributed by atoms with Crippen LogP contribution in [0.4, 0.5) is 9.39 Å². The van der Waals surface area contributed by atoms with Gasteiger partial charge in [0.25, 0.3) is 5.91 Å². The first-order chi connectivity index (χ1) is 10.5. The average molecular weight is 319 g/mol. The molecule has 112 valence electrons. The lowest BCUT2D eigenvalue weighted by Gasteiger charge is -2.02. The first-order valence-corrected chi connectivity index (χ1v) is 7.12. The summed E-state index contributed by atoms with van der Waals surface area (Å²) in [6.07, 6.45) is 0. The average Bonchev–Trinajstić information content (AvgIpc) is 3.04. The number of aryl methyl sites for hydroxylation is 1.